The Hall–Kier alpha value is -1.81. The van der Waals surface area contributed by atoms with Crippen LogP contribution in [0.15, 0.2) is 51.4 Å². The second kappa shape index (κ2) is 5.53. The Labute approximate surface area is 131 Å². The molecule has 1 aromatic heterocycles. The van der Waals surface area contributed by atoms with E-state index in [0.29, 0.717) is 5.56 Å². The van der Waals surface area contributed by atoms with Gasteiger partial charge in [0.2, 0.25) is 0 Å². The summed E-state index contributed by atoms with van der Waals surface area (Å²) in [7, 11) is 0. The van der Waals surface area contributed by atoms with Crippen molar-refractivity contribution in [3.8, 4) is 0 Å². The molecule has 21 heavy (non-hydrogen) atoms. The van der Waals surface area contributed by atoms with Gasteiger partial charge in [0.25, 0.3) is 0 Å². The molecule has 2 nitrogen and oxygen atoms in total. The standard InChI is InChI=1S/C17H15BrFNO/c1-10-3-5-14(9-15(10)19)20-11(2)17-8-12-7-13(18)4-6-16(12)21-17/h3-9,11,20H,1-2H3. The van der Waals surface area contributed by atoms with Crippen LogP contribution in [0.25, 0.3) is 11.0 Å². The van der Waals surface area contributed by atoms with Crippen LogP contribution in [0.2, 0.25) is 0 Å². The lowest BCUT2D eigenvalue weighted by atomic mass is 10.2. The minimum Gasteiger partial charge on any atom is -0.459 e. The highest BCUT2D eigenvalue weighted by atomic mass is 79.9. The van der Waals surface area contributed by atoms with E-state index in [9.17, 15) is 4.39 Å². The van der Waals surface area contributed by atoms with Crippen LogP contribution < -0.4 is 5.32 Å². The number of anilines is 1. The molecule has 0 aliphatic carbocycles. The zero-order chi connectivity index (χ0) is 15.0. The van der Waals surface area contributed by atoms with Gasteiger partial charge in [0, 0.05) is 15.5 Å². The zero-order valence-corrected chi connectivity index (χ0v) is 13.4. The highest BCUT2D eigenvalue weighted by Crippen LogP contribution is 2.28. The topological polar surface area (TPSA) is 25.2 Å². The van der Waals surface area contributed by atoms with E-state index < -0.39 is 0 Å². The van der Waals surface area contributed by atoms with Crippen molar-refractivity contribution in [2.45, 2.75) is 19.9 Å². The maximum atomic E-state index is 13.6. The monoisotopic (exact) mass is 347 g/mol. The van der Waals surface area contributed by atoms with Crippen LogP contribution in [-0.2, 0) is 0 Å². The van der Waals surface area contributed by atoms with Crippen LogP contribution in [0.3, 0.4) is 0 Å². The van der Waals surface area contributed by atoms with Crippen LogP contribution in [-0.4, -0.2) is 0 Å². The van der Waals surface area contributed by atoms with E-state index in [4.69, 9.17) is 4.42 Å². The van der Waals surface area contributed by atoms with Crippen molar-refractivity contribution in [3.63, 3.8) is 0 Å². The Bertz CT molecular complexity index is 797. The summed E-state index contributed by atoms with van der Waals surface area (Å²) in [4.78, 5) is 0. The van der Waals surface area contributed by atoms with E-state index in [1.165, 1.54) is 6.07 Å². The Balaban J connectivity index is 1.85. The van der Waals surface area contributed by atoms with Gasteiger partial charge < -0.3 is 9.73 Å². The molecule has 108 valence electrons. The van der Waals surface area contributed by atoms with Crippen molar-refractivity contribution >= 4 is 32.6 Å². The second-order valence-corrected chi connectivity index (χ2v) is 6.08. The van der Waals surface area contributed by atoms with Crippen molar-refractivity contribution in [2.24, 2.45) is 0 Å². The summed E-state index contributed by atoms with van der Waals surface area (Å²) in [5.41, 5.74) is 2.23. The summed E-state index contributed by atoms with van der Waals surface area (Å²) in [5.74, 6) is 0.616. The maximum absolute atomic E-state index is 13.6. The molecule has 4 heteroatoms. The number of hydrogen-bond donors (Lipinski definition) is 1. The Kier molecular flexibility index (Phi) is 3.72. The molecule has 1 N–H and O–H groups in total. The van der Waals surface area contributed by atoms with Crippen molar-refractivity contribution in [2.75, 3.05) is 5.32 Å². The summed E-state index contributed by atoms with van der Waals surface area (Å²) in [5, 5.41) is 4.30. The number of fused-ring (bicyclic) bond motifs is 1. The fourth-order valence-corrected chi connectivity index (χ4v) is 2.63. The SMILES string of the molecule is Cc1ccc(NC(C)c2cc3cc(Br)ccc3o2)cc1F. The number of benzene rings is 2. The predicted octanol–water partition coefficient (Wildman–Crippen LogP) is 5.82. The van der Waals surface area contributed by atoms with Crippen LogP contribution in [0.1, 0.15) is 24.3 Å². The molecular weight excluding hydrogens is 333 g/mol. The van der Waals surface area contributed by atoms with Gasteiger partial charge in [0.1, 0.15) is 17.2 Å². The molecule has 0 fully saturated rings. The first kappa shape index (κ1) is 14.1. The summed E-state index contributed by atoms with van der Waals surface area (Å²) in [6, 6.07) is 13.0. The van der Waals surface area contributed by atoms with Gasteiger partial charge in [-0.25, -0.2) is 4.39 Å². The first-order valence-corrected chi connectivity index (χ1v) is 7.54. The van der Waals surface area contributed by atoms with E-state index in [0.717, 1.165) is 26.9 Å². The van der Waals surface area contributed by atoms with E-state index in [2.05, 4.69) is 21.2 Å². The van der Waals surface area contributed by atoms with Crippen molar-refractivity contribution in [3.05, 3.63) is 64.1 Å². The first-order chi connectivity index (χ1) is 10.0. The van der Waals surface area contributed by atoms with Gasteiger partial charge in [0.15, 0.2) is 0 Å². The van der Waals surface area contributed by atoms with Crippen LogP contribution in [0.4, 0.5) is 10.1 Å². The van der Waals surface area contributed by atoms with Gasteiger partial charge in [-0.15, -0.1) is 0 Å². The predicted molar refractivity (Wildman–Crippen MR) is 87.1 cm³/mol. The van der Waals surface area contributed by atoms with Crippen molar-refractivity contribution < 1.29 is 8.81 Å². The zero-order valence-electron chi connectivity index (χ0n) is 11.8. The molecule has 2 aromatic carbocycles. The average Bonchev–Trinajstić information content (AvgIpc) is 2.86. The number of nitrogens with one attached hydrogen (secondary N) is 1. The normalized spacial score (nSPS) is 12.6. The van der Waals surface area contributed by atoms with E-state index in [-0.39, 0.29) is 11.9 Å². The molecule has 0 radical (unpaired) electrons. The van der Waals surface area contributed by atoms with Crippen LogP contribution in [0.5, 0.6) is 0 Å². The second-order valence-electron chi connectivity index (χ2n) is 5.16. The molecule has 0 bridgehead atoms. The molecule has 1 heterocycles. The molecule has 1 unspecified atom stereocenters. The molecular formula is C17H15BrFNO. The Morgan fingerprint density at radius 3 is 2.71 bits per heavy atom. The highest BCUT2D eigenvalue weighted by Gasteiger charge is 2.12. The summed E-state index contributed by atoms with van der Waals surface area (Å²) < 4.78 is 20.4. The van der Waals surface area contributed by atoms with Crippen LogP contribution >= 0.6 is 15.9 Å². The van der Waals surface area contributed by atoms with E-state index in [1.54, 1.807) is 13.0 Å². The molecule has 3 aromatic rings. The number of hydrogen-bond acceptors (Lipinski definition) is 2. The molecule has 0 spiro atoms. The van der Waals surface area contributed by atoms with Crippen molar-refractivity contribution in [1.29, 1.82) is 0 Å². The van der Waals surface area contributed by atoms with E-state index in [1.807, 2.05) is 37.3 Å². The smallest absolute Gasteiger partial charge is 0.134 e. The number of rotatable bonds is 3. The third-order valence-electron chi connectivity index (χ3n) is 3.48. The molecule has 0 saturated heterocycles. The third kappa shape index (κ3) is 2.95. The fourth-order valence-electron chi connectivity index (χ4n) is 2.25. The number of halogens is 2. The highest BCUT2D eigenvalue weighted by molar-refractivity contribution is 9.10. The quantitative estimate of drug-likeness (QED) is 0.646. The van der Waals surface area contributed by atoms with Gasteiger partial charge in [-0.3, -0.25) is 0 Å². The lowest BCUT2D eigenvalue weighted by molar-refractivity contribution is 0.526. The number of furan rings is 1. The molecule has 0 aliphatic heterocycles. The van der Waals surface area contributed by atoms with Crippen LogP contribution in [0, 0.1) is 12.7 Å². The maximum Gasteiger partial charge on any atom is 0.134 e. The third-order valence-corrected chi connectivity index (χ3v) is 3.97. The summed E-state index contributed by atoms with van der Waals surface area (Å²) in [6.45, 7) is 3.74. The molecule has 1 atom stereocenters. The van der Waals surface area contributed by atoms with Gasteiger partial charge in [-0.05, 0) is 55.8 Å². The van der Waals surface area contributed by atoms with Gasteiger partial charge in [0.05, 0.1) is 6.04 Å². The lowest BCUT2D eigenvalue weighted by Gasteiger charge is -2.13. The van der Waals surface area contributed by atoms with Crippen molar-refractivity contribution in [1.82, 2.24) is 0 Å². The average molecular weight is 348 g/mol. The Morgan fingerprint density at radius 1 is 1.14 bits per heavy atom. The largest absolute Gasteiger partial charge is 0.459 e. The molecule has 0 saturated carbocycles. The van der Waals surface area contributed by atoms with Gasteiger partial charge in [-0.1, -0.05) is 22.0 Å². The summed E-state index contributed by atoms with van der Waals surface area (Å²) >= 11 is 3.45. The minimum absolute atomic E-state index is 0.0433. The van der Waals surface area contributed by atoms with Gasteiger partial charge in [-0.2, -0.15) is 0 Å². The number of aryl methyl sites for hydroxylation is 1. The minimum atomic E-state index is -0.208. The van der Waals surface area contributed by atoms with Gasteiger partial charge >= 0.3 is 0 Å². The van der Waals surface area contributed by atoms with E-state index >= 15 is 0 Å². The Morgan fingerprint density at radius 2 is 1.95 bits per heavy atom. The summed E-state index contributed by atoms with van der Waals surface area (Å²) in [6.07, 6.45) is 0. The first-order valence-electron chi connectivity index (χ1n) is 6.74. The molecule has 0 aliphatic rings. The molecule has 3 rings (SSSR count). The fraction of sp³-hybridized carbons (Fsp3) is 0.176. The lowest BCUT2D eigenvalue weighted by Crippen LogP contribution is -2.05. The molecule has 0 amide bonds.